The first kappa shape index (κ1) is 15.8. The number of amides is 1. The molecule has 1 amide bonds. The number of benzene rings is 2. The lowest BCUT2D eigenvalue weighted by atomic mass is 10.0. The number of hydrogen-bond acceptors (Lipinski definition) is 4. The van der Waals surface area contributed by atoms with E-state index in [4.69, 9.17) is 5.73 Å². The maximum Gasteiger partial charge on any atom is 0.387 e. The van der Waals surface area contributed by atoms with Gasteiger partial charge in [0.1, 0.15) is 5.75 Å². The highest BCUT2D eigenvalue weighted by Crippen LogP contribution is 2.35. The molecule has 24 heavy (non-hydrogen) atoms. The molecule has 124 valence electrons. The van der Waals surface area contributed by atoms with Gasteiger partial charge in [0, 0.05) is 28.3 Å². The van der Waals surface area contributed by atoms with Gasteiger partial charge in [0.25, 0.3) is 5.91 Å². The Bertz CT molecular complexity index is 817. The third-order valence-electron chi connectivity index (χ3n) is 3.57. The number of nitrogens with one attached hydrogen (secondary N) is 2. The standard InChI is InChI=1S/C17H15F2N3O2/c1-9(21-11-3-5-12(6-4-11)24-17(18)19)15-13-8-10(20)2-7-14(13)22-16(15)23/h2-8,17,21H,20H2,1H3,(H,22,23). The van der Waals surface area contributed by atoms with E-state index in [0.717, 1.165) is 5.56 Å². The van der Waals surface area contributed by atoms with Crippen molar-refractivity contribution >= 4 is 28.5 Å². The van der Waals surface area contributed by atoms with Gasteiger partial charge in [0.05, 0.1) is 5.57 Å². The minimum absolute atomic E-state index is 0.0672. The van der Waals surface area contributed by atoms with Crippen molar-refractivity contribution in [3.63, 3.8) is 0 Å². The van der Waals surface area contributed by atoms with Crippen LogP contribution in [0.5, 0.6) is 5.75 Å². The number of halogens is 2. The SMILES string of the molecule is CC(Nc1ccc(OC(F)F)cc1)=C1C(=O)Nc2ccc(N)cc21. The van der Waals surface area contributed by atoms with E-state index >= 15 is 0 Å². The van der Waals surface area contributed by atoms with E-state index in [-0.39, 0.29) is 11.7 Å². The topological polar surface area (TPSA) is 76.4 Å². The van der Waals surface area contributed by atoms with Gasteiger partial charge in [-0.15, -0.1) is 0 Å². The number of alkyl halides is 2. The number of nitrogens with two attached hydrogens (primary N) is 1. The molecule has 2 aromatic rings. The van der Waals surface area contributed by atoms with Crippen LogP contribution >= 0.6 is 0 Å². The van der Waals surface area contributed by atoms with Crippen molar-refractivity contribution in [3.05, 3.63) is 53.7 Å². The maximum atomic E-state index is 12.2. The van der Waals surface area contributed by atoms with Crippen LogP contribution in [0.15, 0.2) is 48.2 Å². The summed E-state index contributed by atoms with van der Waals surface area (Å²) in [4.78, 5) is 12.2. The molecular weight excluding hydrogens is 316 g/mol. The molecule has 4 N–H and O–H groups in total. The van der Waals surface area contributed by atoms with E-state index in [1.54, 1.807) is 37.3 Å². The summed E-state index contributed by atoms with van der Waals surface area (Å²) in [5.74, 6) is -0.157. The second kappa shape index (κ2) is 6.19. The summed E-state index contributed by atoms with van der Waals surface area (Å²) in [5, 5.41) is 5.87. The third kappa shape index (κ3) is 3.15. The van der Waals surface area contributed by atoms with Crippen LogP contribution in [0, 0.1) is 0 Å². The Morgan fingerprint density at radius 1 is 1.21 bits per heavy atom. The number of carbonyl (C=O) groups excluding carboxylic acids is 1. The second-order valence-corrected chi connectivity index (χ2v) is 5.29. The molecule has 5 nitrogen and oxygen atoms in total. The summed E-state index contributed by atoms with van der Waals surface area (Å²) in [6, 6.07) is 11.2. The molecule has 0 atom stereocenters. The Balaban J connectivity index is 1.86. The number of nitrogen functional groups attached to an aromatic ring is 1. The molecule has 1 aliphatic heterocycles. The van der Waals surface area contributed by atoms with E-state index in [1.165, 1.54) is 12.1 Å². The number of hydrogen-bond donors (Lipinski definition) is 3. The zero-order valence-corrected chi connectivity index (χ0v) is 12.8. The number of ether oxygens (including phenoxy) is 1. The van der Waals surface area contributed by atoms with Crippen LogP contribution in [-0.4, -0.2) is 12.5 Å². The van der Waals surface area contributed by atoms with Crippen molar-refractivity contribution in [1.29, 1.82) is 0 Å². The molecule has 0 fully saturated rings. The zero-order chi connectivity index (χ0) is 17.3. The molecule has 0 saturated heterocycles. The van der Waals surface area contributed by atoms with Crippen molar-refractivity contribution in [1.82, 2.24) is 0 Å². The zero-order valence-electron chi connectivity index (χ0n) is 12.8. The predicted octanol–water partition coefficient (Wildman–Crippen LogP) is 3.67. The Kier molecular flexibility index (Phi) is 4.07. The lowest BCUT2D eigenvalue weighted by molar-refractivity contribution is -0.110. The van der Waals surface area contributed by atoms with Crippen LogP contribution in [0.2, 0.25) is 0 Å². The first-order chi connectivity index (χ1) is 11.4. The summed E-state index contributed by atoms with van der Waals surface area (Å²) in [7, 11) is 0. The first-order valence-corrected chi connectivity index (χ1v) is 7.18. The van der Waals surface area contributed by atoms with Gasteiger partial charge < -0.3 is 21.1 Å². The molecule has 0 saturated carbocycles. The average molecular weight is 331 g/mol. The maximum absolute atomic E-state index is 12.2. The summed E-state index contributed by atoms with van der Waals surface area (Å²) in [6.45, 7) is -1.10. The minimum atomic E-state index is -2.86. The van der Waals surface area contributed by atoms with E-state index in [9.17, 15) is 13.6 Å². The Morgan fingerprint density at radius 2 is 1.92 bits per heavy atom. The van der Waals surface area contributed by atoms with Gasteiger partial charge in [-0.1, -0.05) is 0 Å². The van der Waals surface area contributed by atoms with Crippen molar-refractivity contribution in [2.24, 2.45) is 0 Å². The van der Waals surface area contributed by atoms with Crippen LogP contribution in [0.25, 0.3) is 5.57 Å². The van der Waals surface area contributed by atoms with Gasteiger partial charge in [-0.25, -0.2) is 0 Å². The van der Waals surface area contributed by atoms with Crippen molar-refractivity contribution in [3.8, 4) is 5.75 Å². The van der Waals surface area contributed by atoms with E-state index < -0.39 is 6.61 Å². The number of rotatable bonds is 4. The molecule has 3 rings (SSSR count). The summed E-state index contributed by atoms with van der Waals surface area (Å²) in [6.07, 6.45) is 0. The van der Waals surface area contributed by atoms with Crippen molar-refractivity contribution in [2.45, 2.75) is 13.5 Å². The highest BCUT2D eigenvalue weighted by atomic mass is 19.3. The number of fused-ring (bicyclic) bond motifs is 1. The van der Waals surface area contributed by atoms with E-state index in [2.05, 4.69) is 15.4 Å². The third-order valence-corrected chi connectivity index (χ3v) is 3.57. The van der Waals surface area contributed by atoms with Crippen molar-refractivity contribution < 1.29 is 18.3 Å². The first-order valence-electron chi connectivity index (χ1n) is 7.18. The molecule has 1 heterocycles. The number of allylic oxidation sites excluding steroid dienone is 1. The van der Waals surface area contributed by atoms with Gasteiger partial charge in [-0.3, -0.25) is 4.79 Å². The molecule has 7 heteroatoms. The lowest BCUT2D eigenvalue weighted by Gasteiger charge is -2.11. The fraction of sp³-hybridized carbons (Fsp3) is 0.118. The molecule has 0 aromatic heterocycles. The monoisotopic (exact) mass is 331 g/mol. The fourth-order valence-corrected chi connectivity index (χ4v) is 2.56. The summed E-state index contributed by atoms with van der Waals surface area (Å²) in [5.41, 5.74) is 9.53. The van der Waals surface area contributed by atoms with Gasteiger partial charge in [0.2, 0.25) is 0 Å². The second-order valence-electron chi connectivity index (χ2n) is 5.29. The van der Waals surface area contributed by atoms with Gasteiger partial charge >= 0.3 is 6.61 Å². The smallest absolute Gasteiger partial charge is 0.387 e. The summed E-state index contributed by atoms with van der Waals surface area (Å²) >= 11 is 0. The molecule has 0 spiro atoms. The largest absolute Gasteiger partial charge is 0.435 e. The molecule has 2 aromatic carbocycles. The van der Waals surface area contributed by atoms with Crippen LogP contribution in [0.3, 0.4) is 0 Å². The van der Waals surface area contributed by atoms with Crippen LogP contribution < -0.4 is 21.1 Å². The molecule has 0 aliphatic carbocycles. The van der Waals surface area contributed by atoms with Crippen LogP contribution in [-0.2, 0) is 4.79 Å². The van der Waals surface area contributed by atoms with Crippen LogP contribution in [0.1, 0.15) is 12.5 Å². The van der Waals surface area contributed by atoms with Crippen molar-refractivity contribution in [2.75, 3.05) is 16.4 Å². The van der Waals surface area contributed by atoms with Gasteiger partial charge in [-0.05, 0) is 49.4 Å². The van der Waals surface area contributed by atoms with Gasteiger partial charge in [-0.2, -0.15) is 8.78 Å². The molecule has 0 radical (unpaired) electrons. The summed E-state index contributed by atoms with van der Waals surface area (Å²) < 4.78 is 28.6. The van der Waals surface area contributed by atoms with Crippen LogP contribution in [0.4, 0.5) is 25.8 Å². The molecule has 0 bridgehead atoms. The molecule has 0 unspecified atom stereocenters. The normalized spacial score (nSPS) is 15.1. The molecular formula is C17H15F2N3O2. The van der Waals surface area contributed by atoms with E-state index in [0.29, 0.717) is 28.3 Å². The Hall–Kier alpha value is -3.09. The quantitative estimate of drug-likeness (QED) is 0.590. The molecule has 1 aliphatic rings. The Morgan fingerprint density at radius 3 is 2.58 bits per heavy atom. The van der Waals surface area contributed by atoms with E-state index in [1.807, 2.05) is 0 Å². The average Bonchev–Trinajstić information content (AvgIpc) is 2.84. The predicted molar refractivity (Wildman–Crippen MR) is 88.8 cm³/mol. The lowest BCUT2D eigenvalue weighted by Crippen LogP contribution is -2.09. The number of carbonyl (C=O) groups is 1. The highest BCUT2D eigenvalue weighted by molar-refractivity contribution is 6.32. The van der Waals surface area contributed by atoms with Gasteiger partial charge in [0.15, 0.2) is 0 Å². The Labute approximate surface area is 137 Å². The number of anilines is 3. The highest BCUT2D eigenvalue weighted by Gasteiger charge is 2.26. The minimum Gasteiger partial charge on any atom is -0.435 e. The fourth-order valence-electron chi connectivity index (χ4n) is 2.56.